The summed E-state index contributed by atoms with van der Waals surface area (Å²) in [6, 6.07) is 3.37. The van der Waals surface area contributed by atoms with Crippen molar-refractivity contribution in [1.82, 2.24) is 4.98 Å². The number of carboxylic acid groups (broad SMARTS) is 1. The third-order valence-corrected chi connectivity index (χ3v) is 2.58. The Balaban J connectivity index is 3.20. The third kappa shape index (κ3) is 2.14. The molecule has 88 valence electrons. The lowest BCUT2D eigenvalue weighted by Crippen LogP contribution is -2.40. The van der Waals surface area contributed by atoms with E-state index in [1.165, 1.54) is 7.11 Å². The molecular formula is C11H15NO4. The van der Waals surface area contributed by atoms with E-state index >= 15 is 0 Å². The molecule has 0 bridgehead atoms. The van der Waals surface area contributed by atoms with Crippen LogP contribution >= 0.6 is 0 Å². The van der Waals surface area contributed by atoms with E-state index in [9.17, 15) is 9.90 Å². The predicted octanol–water partition coefficient (Wildman–Crippen LogP) is 0.813. The van der Waals surface area contributed by atoms with E-state index < -0.39 is 17.5 Å². The van der Waals surface area contributed by atoms with Crippen LogP contribution in [0.3, 0.4) is 0 Å². The van der Waals surface area contributed by atoms with E-state index in [4.69, 9.17) is 9.84 Å². The zero-order valence-corrected chi connectivity index (χ0v) is 9.47. The first-order chi connectivity index (χ1) is 7.41. The van der Waals surface area contributed by atoms with Crippen LogP contribution in [-0.4, -0.2) is 34.4 Å². The fourth-order valence-electron chi connectivity index (χ4n) is 1.50. The first-order valence-electron chi connectivity index (χ1n) is 4.81. The normalized spacial score (nSPS) is 13.2. The molecule has 5 heteroatoms. The standard InChI is InChI=1S/C11H15NO4/c1-11(2,8(13)10(14)15)7-5-4-6-12-9(7)16-3/h4-6,8,13H,1-3H3,(H,14,15). The number of carboxylic acids is 1. The Kier molecular flexibility index (Phi) is 3.49. The molecule has 2 N–H and O–H groups in total. The molecule has 1 unspecified atom stereocenters. The molecule has 0 fully saturated rings. The Labute approximate surface area is 93.7 Å². The molecule has 0 amide bonds. The van der Waals surface area contributed by atoms with Gasteiger partial charge in [0.25, 0.3) is 0 Å². The van der Waals surface area contributed by atoms with E-state index in [0.29, 0.717) is 11.4 Å². The molecule has 0 saturated carbocycles. The Morgan fingerprint density at radius 3 is 2.69 bits per heavy atom. The zero-order chi connectivity index (χ0) is 12.3. The average molecular weight is 225 g/mol. The summed E-state index contributed by atoms with van der Waals surface area (Å²) in [5.74, 6) is -0.941. The maximum absolute atomic E-state index is 10.8. The largest absolute Gasteiger partial charge is 0.481 e. The van der Waals surface area contributed by atoms with Crippen LogP contribution in [0.4, 0.5) is 0 Å². The van der Waals surface area contributed by atoms with Crippen molar-refractivity contribution in [2.75, 3.05) is 7.11 Å². The number of aromatic nitrogens is 1. The minimum Gasteiger partial charge on any atom is -0.481 e. The van der Waals surface area contributed by atoms with E-state index in [-0.39, 0.29) is 0 Å². The fourth-order valence-corrected chi connectivity index (χ4v) is 1.50. The van der Waals surface area contributed by atoms with Gasteiger partial charge in [-0.05, 0) is 6.07 Å². The van der Waals surface area contributed by atoms with Gasteiger partial charge in [0.2, 0.25) is 5.88 Å². The summed E-state index contributed by atoms with van der Waals surface area (Å²) in [6.45, 7) is 3.26. The number of aliphatic hydroxyl groups is 1. The van der Waals surface area contributed by atoms with Gasteiger partial charge in [0.1, 0.15) is 0 Å². The van der Waals surface area contributed by atoms with Crippen LogP contribution in [0.2, 0.25) is 0 Å². The summed E-state index contributed by atoms with van der Waals surface area (Å²) in [5.41, 5.74) is -0.404. The topological polar surface area (TPSA) is 79.7 Å². The quantitative estimate of drug-likeness (QED) is 0.792. The van der Waals surface area contributed by atoms with Crippen LogP contribution in [0.5, 0.6) is 5.88 Å². The second-order valence-corrected chi connectivity index (χ2v) is 4.02. The molecule has 0 aromatic carbocycles. The molecule has 1 aromatic rings. The molecule has 1 heterocycles. The smallest absolute Gasteiger partial charge is 0.333 e. The van der Waals surface area contributed by atoms with E-state index in [2.05, 4.69) is 4.98 Å². The predicted molar refractivity (Wildman–Crippen MR) is 57.5 cm³/mol. The van der Waals surface area contributed by atoms with Crippen molar-refractivity contribution in [3.8, 4) is 5.88 Å². The van der Waals surface area contributed by atoms with E-state index in [0.717, 1.165) is 0 Å². The molecule has 1 aromatic heterocycles. The highest BCUT2D eigenvalue weighted by Crippen LogP contribution is 2.32. The Bertz CT molecular complexity index is 389. The van der Waals surface area contributed by atoms with Crippen molar-refractivity contribution in [2.24, 2.45) is 0 Å². The minimum atomic E-state index is -1.51. The van der Waals surface area contributed by atoms with Gasteiger partial charge in [-0.1, -0.05) is 19.9 Å². The molecule has 5 nitrogen and oxygen atoms in total. The minimum absolute atomic E-state index is 0.327. The molecule has 0 spiro atoms. The number of methoxy groups -OCH3 is 1. The van der Waals surface area contributed by atoms with Gasteiger partial charge in [-0.25, -0.2) is 9.78 Å². The number of carbonyl (C=O) groups is 1. The van der Waals surface area contributed by atoms with Gasteiger partial charge in [0.15, 0.2) is 6.10 Å². The molecule has 0 saturated heterocycles. The van der Waals surface area contributed by atoms with Crippen molar-refractivity contribution in [2.45, 2.75) is 25.4 Å². The van der Waals surface area contributed by atoms with Crippen molar-refractivity contribution >= 4 is 5.97 Å². The number of pyridine rings is 1. The molecule has 1 atom stereocenters. The molecule has 0 aliphatic rings. The highest BCUT2D eigenvalue weighted by molar-refractivity contribution is 5.74. The maximum Gasteiger partial charge on any atom is 0.333 e. The summed E-state index contributed by atoms with van der Waals surface area (Å²) < 4.78 is 5.05. The molecule has 1 rings (SSSR count). The van der Waals surface area contributed by atoms with Gasteiger partial charge in [-0.3, -0.25) is 0 Å². The zero-order valence-electron chi connectivity index (χ0n) is 9.47. The number of nitrogens with zero attached hydrogens (tertiary/aromatic N) is 1. The Morgan fingerprint density at radius 2 is 2.19 bits per heavy atom. The molecule has 16 heavy (non-hydrogen) atoms. The van der Waals surface area contributed by atoms with Gasteiger partial charge in [-0.2, -0.15) is 0 Å². The Hall–Kier alpha value is -1.62. The monoisotopic (exact) mass is 225 g/mol. The SMILES string of the molecule is COc1ncccc1C(C)(C)C(O)C(=O)O. The Morgan fingerprint density at radius 1 is 1.56 bits per heavy atom. The van der Waals surface area contributed by atoms with Crippen molar-refractivity contribution in [3.63, 3.8) is 0 Å². The van der Waals surface area contributed by atoms with Gasteiger partial charge in [-0.15, -0.1) is 0 Å². The fraction of sp³-hybridized carbons (Fsp3) is 0.455. The lowest BCUT2D eigenvalue weighted by atomic mass is 9.80. The van der Waals surface area contributed by atoms with Gasteiger partial charge in [0.05, 0.1) is 7.11 Å². The average Bonchev–Trinajstić information content (AvgIpc) is 2.27. The summed E-state index contributed by atoms with van der Waals surface area (Å²) in [5, 5.41) is 18.5. The number of hydrogen-bond donors (Lipinski definition) is 2. The van der Waals surface area contributed by atoms with Crippen LogP contribution in [0.1, 0.15) is 19.4 Å². The maximum atomic E-state index is 10.8. The lowest BCUT2D eigenvalue weighted by molar-refractivity contribution is -0.150. The summed E-state index contributed by atoms with van der Waals surface area (Å²) in [4.78, 5) is 14.8. The van der Waals surface area contributed by atoms with Crippen LogP contribution in [0.15, 0.2) is 18.3 Å². The number of aliphatic carboxylic acids is 1. The molecule has 0 radical (unpaired) electrons. The van der Waals surface area contributed by atoms with Crippen LogP contribution < -0.4 is 4.74 Å². The molecule has 0 aliphatic heterocycles. The number of ether oxygens (including phenoxy) is 1. The van der Waals surface area contributed by atoms with Crippen LogP contribution in [0, 0.1) is 0 Å². The summed E-state index contributed by atoms with van der Waals surface area (Å²) in [6.07, 6.45) is 0.0385. The van der Waals surface area contributed by atoms with E-state index in [1.807, 2.05) is 0 Å². The lowest BCUT2D eigenvalue weighted by Gasteiger charge is -2.28. The molecule has 0 aliphatic carbocycles. The third-order valence-electron chi connectivity index (χ3n) is 2.58. The number of rotatable bonds is 4. The highest BCUT2D eigenvalue weighted by atomic mass is 16.5. The van der Waals surface area contributed by atoms with Crippen LogP contribution in [-0.2, 0) is 10.2 Å². The second-order valence-electron chi connectivity index (χ2n) is 4.02. The van der Waals surface area contributed by atoms with Crippen molar-refractivity contribution in [1.29, 1.82) is 0 Å². The number of hydrogen-bond acceptors (Lipinski definition) is 4. The summed E-state index contributed by atoms with van der Waals surface area (Å²) >= 11 is 0. The van der Waals surface area contributed by atoms with E-state index in [1.54, 1.807) is 32.2 Å². The number of aliphatic hydroxyl groups excluding tert-OH is 1. The first kappa shape index (κ1) is 12.4. The summed E-state index contributed by atoms with van der Waals surface area (Å²) in [7, 11) is 1.45. The van der Waals surface area contributed by atoms with Gasteiger partial charge < -0.3 is 14.9 Å². The molecular weight excluding hydrogens is 210 g/mol. The van der Waals surface area contributed by atoms with Crippen molar-refractivity contribution < 1.29 is 19.7 Å². The highest BCUT2D eigenvalue weighted by Gasteiger charge is 2.37. The van der Waals surface area contributed by atoms with Crippen molar-refractivity contribution in [3.05, 3.63) is 23.9 Å². The van der Waals surface area contributed by atoms with Gasteiger partial charge in [0, 0.05) is 17.2 Å². The van der Waals surface area contributed by atoms with Crippen LogP contribution in [0.25, 0.3) is 0 Å². The first-order valence-corrected chi connectivity index (χ1v) is 4.81. The second kappa shape index (κ2) is 4.49. The van der Waals surface area contributed by atoms with Gasteiger partial charge >= 0.3 is 5.97 Å².